The van der Waals surface area contributed by atoms with Gasteiger partial charge in [-0.3, -0.25) is 9.59 Å². The first-order chi connectivity index (χ1) is 8.27. The molecule has 0 aliphatic carbocycles. The van der Waals surface area contributed by atoms with E-state index in [1.54, 1.807) is 11.8 Å². The minimum atomic E-state index is -0.420. The summed E-state index contributed by atoms with van der Waals surface area (Å²) < 4.78 is 0. The Morgan fingerprint density at radius 3 is 2.56 bits per heavy atom. The molecule has 0 aromatic heterocycles. The summed E-state index contributed by atoms with van der Waals surface area (Å²) in [4.78, 5) is 26.1. The van der Waals surface area contributed by atoms with Crippen molar-refractivity contribution in [2.75, 3.05) is 18.6 Å². The van der Waals surface area contributed by atoms with Crippen LogP contribution in [0.1, 0.15) is 34.1 Å². The van der Waals surface area contributed by atoms with Gasteiger partial charge in [0, 0.05) is 24.8 Å². The van der Waals surface area contributed by atoms with E-state index >= 15 is 0 Å². The van der Waals surface area contributed by atoms with Crippen molar-refractivity contribution in [3.8, 4) is 0 Å². The van der Waals surface area contributed by atoms with Gasteiger partial charge in [-0.25, -0.2) is 0 Å². The molecule has 1 heterocycles. The second kappa shape index (κ2) is 5.95. The van der Waals surface area contributed by atoms with Gasteiger partial charge in [-0.15, -0.1) is 0 Å². The molecule has 1 aliphatic rings. The molecule has 2 amide bonds. The molecule has 1 aliphatic heterocycles. The van der Waals surface area contributed by atoms with E-state index < -0.39 is 6.04 Å². The normalized spacial score (nSPS) is 23.6. The van der Waals surface area contributed by atoms with Gasteiger partial charge in [0.15, 0.2) is 0 Å². The average molecular weight is 272 g/mol. The molecule has 0 aromatic carbocycles. The molecule has 0 radical (unpaired) electrons. The Balaban J connectivity index is 2.93. The number of hydrogen-bond donors (Lipinski definition) is 1. The Morgan fingerprint density at radius 2 is 2.06 bits per heavy atom. The Hall–Kier alpha value is -0.710. The van der Waals surface area contributed by atoms with Gasteiger partial charge < -0.3 is 10.2 Å². The summed E-state index contributed by atoms with van der Waals surface area (Å²) in [6.07, 6.45) is 2.43. The number of carbonyl (C=O) groups excluding carboxylic acids is 2. The zero-order valence-electron chi connectivity index (χ0n) is 11.9. The van der Waals surface area contributed by atoms with E-state index in [1.807, 2.05) is 38.9 Å². The van der Waals surface area contributed by atoms with Crippen LogP contribution < -0.4 is 5.32 Å². The van der Waals surface area contributed by atoms with E-state index in [0.717, 1.165) is 5.75 Å². The van der Waals surface area contributed by atoms with Crippen molar-refractivity contribution < 1.29 is 9.59 Å². The monoisotopic (exact) mass is 272 g/mol. The minimum absolute atomic E-state index is 0.0258. The summed E-state index contributed by atoms with van der Waals surface area (Å²) >= 11 is 1.72. The fraction of sp³-hybridized carbons (Fsp3) is 0.846. The van der Waals surface area contributed by atoms with Crippen molar-refractivity contribution in [2.45, 2.75) is 46.2 Å². The highest BCUT2D eigenvalue weighted by atomic mass is 32.2. The van der Waals surface area contributed by atoms with E-state index in [2.05, 4.69) is 5.32 Å². The summed E-state index contributed by atoms with van der Waals surface area (Å²) in [6.45, 7) is 8.53. The van der Waals surface area contributed by atoms with Crippen LogP contribution in [0.15, 0.2) is 0 Å². The maximum absolute atomic E-state index is 12.6. The maximum atomic E-state index is 12.6. The summed E-state index contributed by atoms with van der Waals surface area (Å²) in [5.41, 5.74) is -0.256. The molecule has 2 unspecified atom stereocenters. The van der Waals surface area contributed by atoms with E-state index in [1.165, 1.54) is 0 Å². The van der Waals surface area contributed by atoms with Gasteiger partial charge >= 0.3 is 0 Å². The number of hydrogen-bond acceptors (Lipinski definition) is 3. The molecular formula is C13H24N2O2S. The van der Waals surface area contributed by atoms with Crippen molar-refractivity contribution >= 4 is 23.6 Å². The Morgan fingerprint density at radius 1 is 1.44 bits per heavy atom. The predicted molar refractivity (Wildman–Crippen MR) is 75.6 cm³/mol. The quantitative estimate of drug-likeness (QED) is 0.847. The third kappa shape index (κ3) is 3.64. The van der Waals surface area contributed by atoms with Crippen LogP contribution in [0.25, 0.3) is 0 Å². The molecule has 0 bridgehead atoms. The van der Waals surface area contributed by atoms with Crippen LogP contribution in [0.3, 0.4) is 0 Å². The molecule has 104 valence electrons. The molecule has 1 rings (SSSR count). The molecule has 0 spiro atoms. The van der Waals surface area contributed by atoms with Gasteiger partial charge in [-0.05, 0) is 18.6 Å². The molecule has 0 aromatic rings. The molecular weight excluding hydrogens is 248 g/mol. The molecule has 5 heteroatoms. The fourth-order valence-corrected chi connectivity index (χ4v) is 2.81. The third-order valence-electron chi connectivity index (χ3n) is 3.22. The summed E-state index contributed by atoms with van der Waals surface area (Å²) in [5.74, 6) is 0.925. The largest absolute Gasteiger partial charge is 0.344 e. The van der Waals surface area contributed by atoms with Crippen LogP contribution in [-0.2, 0) is 9.59 Å². The average Bonchev–Trinajstić information content (AvgIpc) is 2.38. The first-order valence-corrected chi connectivity index (χ1v) is 7.75. The predicted octanol–water partition coefficient (Wildman–Crippen LogP) is 1.50. The fourth-order valence-electron chi connectivity index (χ4n) is 2.15. The van der Waals surface area contributed by atoms with Crippen molar-refractivity contribution in [1.82, 2.24) is 10.2 Å². The lowest BCUT2D eigenvalue weighted by Gasteiger charge is -2.34. The van der Waals surface area contributed by atoms with Crippen LogP contribution in [0, 0.1) is 5.41 Å². The zero-order valence-corrected chi connectivity index (χ0v) is 12.8. The first-order valence-electron chi connectivity index (χ1n) is 6.36. The van der Waals surface area contributed by atoms with Gasteiger partial charge in [-0.1, -0.05) is 20.8 Å². The number of carbonyl (C=O) groups is 2. The van der Waals surface area contributed by atoms with E-state index in [-0.39, 0.29) is 23.3 Å². The molecule has 1 fully saturated rings. The lowest BCUT2D eigenvalue weighted by Crippen LogP contribution is -2.53. The van der Waals surface area contributed by atoms with E-state index in [9.17, 15) is 9.59 Å². The van der Waals surface area contributed by atoms with Gasteiger partial charge in [-0.2, -0.15) is 11.8 Å². The summed E-state index contributed by atoms with van der Waals surface area (Å²) in [7, 11) is 0. The lowest BCUT2D eigenvalue weighted by atomic mass is 9.86. The van der Waals surface area contributed by atoms with Crippen LogP contribution in [-0.4, -0.2) is 47.4 Å². The molecule has 1 N–H and O–H groups in total. The van der Waals surface area contributed by atoms with Gasteiger partial charge in [0.25, 0.3) is 0 Å². The second-order valence-corrected chi connectivity index (χ2v) is 6.86. The second-order valence-electron chi connectivity index (χ2n) is 5.95. The smallest absolute Gasteiger partial charge is 0.245 e. The number of rotatable bonds is 3. The first kappa shape index (κ1) is 15.3. The van der Waals surface area contributed by atoms with Crippen LogP contribution in [0.2, 0.25) is 0 Å². The molecule has 18 heavy (non-hydrogen) atoms. The van der Waals surface area contributed by atoms with Crippen molar-refractivity contribution in [3.05, 3.63) is 0 Å². The van der Waals surface area contributed by atoms with Crippen LogP contribution in [0.4, 0.5) is 0 Å². The number of amides is 2. The van der Waals surface area contributed by atoms with Gasteiger partial charge in [0.2, 0.25) is 11.8 Å². The molecule has 1 saturated heterocycles. The summed E-state index contributed by atoms with van der Waals surface area (Å²) in [6, 6.07) is -0.248. The maximum Gasteiger partial charge on any atom is 0.245 e. The molecule has 2 atom stereocenters. The van der Waals surface area contributed by atoms with Crippen molar-refractivity contribution in [2.24, 2.45) is 5.41 Å². The van der Waals surface area contributed by atoms with Crippen molar-refractivity contribution in [1.29, 1.82) is 0 Å². The lowest BCUT2D eigenvalue weighted by molar-refractivity contribution is -0.137. The highest BCUT2D eigenvalue weighted by molar-refractivity contribution is 7.98. The third-order valence-corrected chi connectivity index (χ3v) is 4.04. The zero-order chi connectivity index (χ0) is 13.9. The molecule has 0 saturated carbocycles. The topological polar surface area (TPSA) is 49.4 Å². The summed E-state index contributed by atoms with van der Waals surface area (Å²) in [5, 5.41) is 2.86. The number of nitrogens with zero attached hydrogens (tertiary/aromatic N) is 1. The van der Waals surface area contributed by atoms with Gasteiger partial charge in [0.05, 0.1) is 0 Å². The van der Waals surface area contributed by atoms with E-state index in [4.69, 9.17) is 0 Å². The molecule has 4 nitrogen and oxygen atoms in total. The Labute approximate surface area is 114 Å². The Bertz CT molecular complexity index is 325. The van der Waals surface area contributed by atoms with Crippen molar-refractivity contribution in [3.63, 3.8) is 0 Å². The number of nitrogens with one attached hydrogen (secondary N) is 1. The van der Waals surface area contributed by atoms with Gasteiger partial charge in [0.1, 0.15) is 6.04 Å². The Kier molecular flexibility index (Phi) is 5.08. The van der Waals surface area contributed by atoms with E-state index in [0.29, 0.717) is 13.0 Å². The van der Waals surface area contributed by atoms with Crippen LogP contribution >= 0.6 is 11.8 Å². The highest BCUT2D eigenvalue weighted by Crippen LogP contribution is 2.24. The SMILES string of the molecule is CSCC(C)N1CCC(=O)NC(C(C)(C)C)C1=O. The van der Waals surface area contributed by atoms with Crippen LogP contribution in [0.5, 0.6) is 0 Å². The minimum Gasteiger partial charge on any atom is -0.344 e. The standard InChI is InChI=1S/C13H24N2O2S/c1-9(8-18-5)15-7-6-10(16)14-11(12(15)17)13(2,3)4/h9,11H,6-8H2,1-5H3,(H,14,16). The highest BCUT2D eigenvalue weighted by Gasteiger charge is 2.39. The number of thioether (sulfide) groups is 1.